The van der Waals surface area contributed by atoms with Crippen molar-refractivity contribution in [3.8, 4) is 0 Å². The molecule has 5 aliphatic rings. The number of nitrogens with zero attached hydrogens (tertiary/aromatic N) is 3. The zero-order valence-corrected chi connectivity index (χ0v) is 20.4. The van der Waals surface area contributed by atoms with Gasteiger partial charge < -0.3 is 25.4 Å². The van der Waals surface area contributed by atoms with Crippen LogP contribution in [0.2, 0.25) is 0 Å². The van der Waals surface area contributed by atoms with Crippen LogP contribution in [0.5, 0.6) is 0 Å². The van der Waals surface area contributed by atoms with E-state index in [1.54, 1.807) is 24.1 Å². The summed E-state index contributed by atoms with van der Waals surface area (Å²) < 4.78 is 7.23. The molecule has 3 N–H and O–H groups in total. The van der Waals surface area contributed by atoms with E-state index in [0.29, 0.717) is 49.6 Å². The lowest BCUT2D eigenvalue weighted by molar-refractivity contribution is -0.136. The van der Waals surface area contributed by atoms with Crippen LogP contribution in [0.4, 0.5) is 5.82 Å². The predicted octanol–water partition coefficient (Wildman–Crippen LogP) is 1.63. The molecule has 0 aromatic carbocycles. The molecule has 0 radical (unpaired) electrons. The number of anilines is 1. The molecule has 6 rings (SSSR count). The Morgan fingerprint density at radius 1 is 1.21 bits per heavy atom. The molecule has 1 aliphatic heterocycles. The van der Waals surface area contributed by atoms with E-state index in [4.69, 9.17) is 4.74 Å². The molecular weight excluding hydrogens is 434 g/mol. The van der Waals surface area contributed by atoms with Crippen molar-refractivity contribution in [1.82, 2.24) is 20.4 Å². The third-order valence-electron chi connectivity index (χ3n) is 8.31. The summed E-state index contributed by atoms with van der Waals surface area (Å²) in [5, 5.41) is 21.4. The highest BCUT2D eigenvalue weighted by atomic mass is 16.5. The van der Waals surface area contributed by atoms with Crippen LogP contribution in [0.15, 0.2) is 12.3 Å². The molecule has 1 saturated heterocycles. The zero-order valence-electron chi connectivity index (χ0n) is 20.4. The average molecular weight is 472 g/mol. The van der Waals surface area contributed by atoms with Gasteiger partial charge in [0.25, 0.3) is 5.91 Å². The molecule has 4 aliphatic carbocycles. The third kappa shape index (κ3) is 4.24. The quantitative estimate of drug-likeness (QED) is 0.582. The normalized spacial score (nSPS) is 32.9. The second kappa shape index (κ2) is 8.68. The van der Waals surface area contributed by atoms with Gasteiger partial charge in [0.2, 0.25) is 5.91 Å². The van der Waals surface area contributed by atoms with E-state index in [1.807, 2.05) is 19.9 Å². The number of carbonyl (C=O) groups is 2. The molecule has 1 aromatic rings. The van der Waals surface area contributed by atoms with Crippen LogP contribution in [0.3, 0.4) is 0 Å². The van der Waals surface area contributed by atoms with Crippen molar-refractivity contribution in [2.45, 2.75) is 57.6 Å². The lowest BCUT2D eigenvalue weighted by Crippen LogP contribution is -2.61. The van der Waals surface area contributed by atoms with Crippen LogP contribution < -0.4 is 15.5 Å². The smallest absolute Gasteiger partial charge is 0.256 e. The van der Waals surface area contributed by atoms with E-state index in [2.05, 4.69) is 20.6 Å². The first-order valence-electron chi connectivity index (χ1n) is 12.5. The van der Waals surface area contributed by atoms with Gasteiger partial charge in [-0.1, -0.05) is 6.08 Å². The van der Waals surface area contributed by atoms with E-state index >= 15 is 0 Å². The minimum Gasteiger partial charge on any atom is -0.390 e. The van der Waals surface area contributed by atoms with Gasteiger partial charge in [-0.2, -0.15) is 5.10 Å². The molecule has 4 bridgehead atoms. The number of hydrogen-bond donors (Lipinski definition) is 3. The second-order valence-corrected chi connectivity index (χ2v) is 11.2. The second-order valence-electron chi connectivity index (χ2n) is 11.2. The number of ether oxygens (including phenoxy) is 1. The number of morpholine rings is 1. The van der Waals surface area contributed by atoms with Gasteiger partial charge in [0.15, 0.2) is 0 Å². The van der Waals surface area contributed by atoms with Crippen molar-refractivity contribution in [2.75, 3.05) is 38.3 Å². The molecule has 186 valence electrons. The number of aliphatic hydroxyl groups is 1. The fraction of sp³-hybridized carbons (Fsp3) is 0.720. The van der Waals surface area contributed by atoms with Crippen molar-refractivity contribution in [3.63, 3.8) is 0 Å². The van der Waals surface area contributed by atoms with Gasteiger partial charge in [-0.15, -0.1) is 0 Å². The van der Waals surface area contributed by atoms with Gasteiger partial charge in [-0.25, -0.2) is 4.68 Å². The number of amides is 2. The maximum absolute atomic E-state index is 13.6. The molecule has 2 amide bonds. The minimum atomic E-state index is -0.716. The summed E-state index contributed by atoms with van der Waals surface area (Å²) in [4.78, 5) is 27.9. The van der Waals surface area contributed by atoms with Gasteiger partial charge in [0.05, 0.1) is 30.4 Å². The molecule has 9 heteroatoms. The minimum absolute atomic E-state index is 0.0923. The Labute approximate surface area is 200 Å². The Morgan fingerprint density at radius 2 is 1.88 bits per heavy atom. The standard InChI is InChI=1S/C25H37N5O4/c1-24(2,23(32)26-3)4-5-30-22(29-6-8-34-9-7-29)19(15-27-30)21(31)28-20-17-10-16-11-18(20)14-25(33,12-16)13-17/h4-5,15-18,20,33H,6-14H2,1-3H3,(H,26,32)(H,28,31)/b5-4+/t16?,17?,18?,20-,25-. The maximum Gasteiger partial charge on any atom is 0.256 e. The molecule has 4 saturated carbocycles. The molecule has 2 heterocycles. The fourth-order valence-corrected chi connectivity index (χ4v) is 6.82. The first-order valence-corrected chi connectivity index (χ1v) is 12.5. The van der Waals surface area contributed by atoms with Gasteiger partial charge in [-0.05, 0) is 63.7 Å². The summed E-state index contributed by atoms with van der Waals surface area (Å²) in [6, 6.07) is 0.105. The summed E-state index contributed by atoms with van der Waals surface area (Å²) in [5.74, 6) is 1.80. The monoisotopic (exact) mass is 471 g/mol. The topological polar surface area (TPSA) is 109 Å². The first-order chi connectivity index (χ1) is 16.2. The van der Waals surface area contributed by atoms with Crippen molar-refractivity contribution in [1.29, 1.82) is 0 Å². The van der Waals surface area contributed by atoms with Gasteiger partial charge in [0.1, 0.15) is 11.4 Å². The van der Waals surface area contributed by atoms with E-state index in [0.717, 1.165) is 37.9 Å². The zero-order chi connectivity index (χ0) is 24.1. The Kier molecular flexibility index (Phi) is 5.96. The molecule has 1 aromatic heterocycles. The highest BCUT2D eigenvalue weighted by Gasteiger charge is 2.55. The predicted molar refractivity (Wildman–Crippen MR) is 128 cm³/mol. The van der Waals surface area contributed by atoms with Crippen molar-refractivity contribution in [3.05, 3.63) is 17.8 Å². The first kappa shape index (κ1) is 23.4. The van der Waals surface area contributed by atoms with Crippen molar-refractivity contribution in [2.24, 2.45) is 23.2 Å². The Balaban J connectivity index is 1.40. The van der Waals surface area contributed by atoms with Crippen LogP contribution in [0.25, 0.3) is 6.20 Å². The van der Waals surface area contributed by atoms with Crippen molar-refractivity contribution < 1.29 is 19.4 Å². The van der Waals surface area contributed by atoms with Crippen LogP contribution in [0.1, 0.15) is 56.3 Å². The highest BCUT2D eigenvalue weighted by Crippen LogP contribution is 2.55. The molecule has 5 fully saturated rings. The average Bonchev–Trinajstić information content (AvgIpc) is 3.23. The van der Waals surface area contributed by atoms with Crippen LogP contribution >= 0.6 is 0 Å². The van der Waals surface area contributed by atoms with E-state index in [-0.39, 0.29) is 17.9 Å². The number of rotatable bonds is 6. The summed E-state index contributed by atoms with van der Waals surface area (Å²) in [6.45, 7) is 6.20. The summed E-state index contributed by atoms with van der Waals surface area (Å²) in [5.41, 5.74) is -0.701. The van der Waals surface area contributed by atoms with Gasteiger partial charge >= 0.3 is 0 Å². The Hall–Kier alpha value is -2.39. The number of hydrogen-bond acceptors (Lipinski definition) is 6. The Morgan fingerprint density at radius 3 is 2.50 bits per heavy atom. The van der Waals surface area contributed by atoms with E-state index in [1.165, 1.54) is 0 Å². The summed E-state index contributed by atoms with van der Waals surface area (Å²) >= 11 is 0. The SMILES string of the molecule is CNC(=O)C(C)(C)/C=C/n1ncc(C(=O)N[C@H]2C3CC4CC2C[C@](O)(C4)C3)c1N1CCOCC1. The molecule has 2 unspecified atom stereocenters. The number of nitrogens with one attached hydrogen (secondary N) is 2. The van der Waals surface area contributed by atoms with Gasteiger partial charge in [-0.3, -0.25) is 9.59 Å². The highest BCUT2D eigenvalue weighted by molar-refractivity contribution is 5.99. The maximum atomic E-state index is 13.6. The molecule has 0 spiro atoms. The molecular formula is C25H37N5O4. The lowest BCUT2D eigenvalue weighted by Gasteiger charge is -2.58. The van der Waals surface area contributed by atoms with Crippen LogP contribution in [0, 0.1) is 23.2 Å². The lowest BCUT2D eigenvalue weighted by atomic mass is 9.52. The summed E-state index contributed by atoms with van der Waals surface area (Å²) in [6.07, 6.45) is 9.90. The molecule has 9 nitrogen and oxygen atoms in total. The van der Waals surface area contributed by atoms with Crippen LogP contribution in [-0.2, 0) is 9.53 Å². The summed E-state index contributed by atoms with van der Waals surface area (Å²) in [7, 11) is 1.62. The third-order valence-corrected chi connectivity index (χ3v) is 8.31. The molecule has 34 heavy (non-hydrogen) atoms. The number of aromatic nitrogens is 2. The fourth-order valence-electron chi connectivity index (χ4n) is 6.82. The molecule has 2 atom stereocenters. The van der Waals surface area contributed by atoms with Crippen LogP contribution in [-0.4, -0.2) is 71.7 Å². The van der Waals surface area contributed by atoms with Gasteiger partial charge in [0, 0.05) is 32.4 Å². The van der Waals surface area contributed by atoms with Crippen molar-refractivity contribution >= 4 is 23.8 Å². The van der Waals surface area contributed by atoms with E-state index < -0.39 is 11.0 Å². The largest absolute Gasteiger partial charge is 0.390 e. The van der Waals surface area contributed by atoms with E-state index in [9.17, 15) is 14.7 Å². The number of carbonyl (C=O) groups excluding carboxylic acids is 2. The Bertz CT molecular complexity index is 964.